The third-order valence-electron chi connectivity index (χ3n) is 1.47. The largest absolute Gasteiger partial charge is 0.362 e. The van der Waals surface area contributed by atoms with Gasteiger partial charge in [-0.15, -0.1) is 0 Å². The summed E-state index contributed by atoms with van der Waals surface area (Å²) in [4.78, 5) is 13.0. The number of pyridine rings is 1. The minimum Gasteiger partial charge on any atom is -0.362 e. The Labute approximate surface area is 66.0 Å². The molecule has 12 heavy (non-hydrogen) atoms. The lowest BCUT2D eigenvalue weighted by molar-refractivity contribution is 0.149. The third-order valence-corrected chi connectivity index (χ3v) is 1.47. The molecule has 2 nitrogen and oxygen atoms in total. The van der Waals surface area contributed by atoms with Crippen molar-refractivity contribution < 1.29 is 13.2 Å². The maximum absolute atomic E-state index is 12.7. The van der Waals surface area contributed by atoms with E-state index in [2.05, 4.69) is 4.98 Å². The van der Waals surface area contributed by atoms with Crippen LogP contribution in [0, 0.1) is 12.7 Å². The van der Waals surface area contributed by atoms with E-state index in [0.29, 0.717) is 0 Å². The van der Waals surface area contributed by atoms with E-state index in [9.17, 15) is 18.0 Å². The van der Waals surface area contributed by atoms with Crippen molar-refractivity contribution in [1.29, 1.82) is 0 Å². The molecule has 0 amide bonds. The second kappa shape index (κ2) is 3.00. The SMILES string of the molecule is Cc1[nH]cc(C(F)F)c(=O)c1F. The Morgan fingerprint density at radius 3 is 2.58 bits per heavy atom. The van der Waals surface area contributed by atoms with Gasteiger partial charge in [-0.25, -0.2) is 13.2 Å². The van der Waals surface area contributed by atoms with Crippen LogP contribution in [0.3, 0.4) is 0 Å². The van der Waals surface area contributed by atoms with Crippen LogP contribution in [0.4, 0.5) is 13.2 Å². The van der Waals surface area contributed by atoms with Gasteiger partial charge < -0.3 is 4.98 Å². The monoisotopic (exact) mass is 177 g/mol. The lowest BCUT2D eigenvalue weighted by atomic mass is 10.2. The van der Waals surface area contributed by atoms with E-state index in [-0.39, 0.29) is 5.69 Å². The molecule has 5 heteroatoms. The van der Waals surface area contributed by atoms with Gasteiger partial charge in [0, 0.05) is 6.20 Å². The molecule has 0 atom stereocenters. The lowest BCUT2D eigenvalue weighted by Gasteiger charge is -2.00. The van der Waals surface area contributed by atoms with Crippen molar-refractivity contribution >= 4 is 0 Å². The molecular weight excluding hydrogens is 171 g/mol. The molecule has 1 heterocycles. The number of rotatable bonds is 1. The standard InChI is InChI=1S/C7H6F3NO/c1-3-5(8)6(12)4(2-11-3)7(9)10/h2,7H,1H3,(H,11,12). The van der Waals surface area contributed by atoms with Crippen LogP contribution in [0.2, 0.25) is 0 Å². The highest BCUT2D eigenvalue weighted by molar-refractivity contribution is 5.16. The molecule has 1 aromatic heterocycles. The van der Waals surface area contributed by atoms with E-state index in [0.717, 1.165) is 6.20 Å². The lowest BCUT2D eigenvalue weighted by Crippen LogP contribution is -2.15. The Morgan fingerprint density at radius 2 is 2.08 bits per heavy atom. The van der Waals surface area contributed by atoms with E-state index in [1.807, 2.05) is 0 Å². The zero-order valence-electron chi connectivity index (χ0n) is 6.20. The van der Waals surface area contributed by atoms with Gasteiger partial charge in [0.05, 0.1) is 11.3 Å². The van der Waals surface area contributed by atoms with Crippen molar-refractivity contribution in [2.75, 3.05) is 0 Å². The Balaban J connectivity index is 3.37. The molecule has 0 spiro atoms. The van der Waals surface area contributed by atoms with Gasteiger partial charge in [0.15, 0.2) is 5.82 Å². The quantitative estimate of drug-likeness (QED) is 0.696. The number of H-pyrrole nitrogens is 1. The molecule has 0 bridgehead atoms. The number of alkyl halides is 2. The molecule has 0 aliphatic heterocycles. The first-order chi connectivity index (χ1) is 5.54. The van der Waals surface area contributed by atoms with Crippen LogP contribution in [0.1, 0.15) is 17.7 Å². The van der Waals surface area contributed by atoms with E-state index in [1.54, 1.807) is 0 Å². The van der Waals surface area contributed by atoms with Crippen molar-refractivity contribution in [3.63, 3.8) is 0 Å². The summed E-state index contributed by atoms with van der Waals surface area (Å²) in [6, 6.07) is 0. The molecule has 1 N–H and O–H groups in total. The number of halogens is 3. The fourth-order valence-electron chi connectivity index (χ4n) is 0.774. The number of nitrogens with one attached hydrogen (secondary N) is 1. The average Bonchev–Trinajstić information content (AvgIpc) is 2.00. The Bertz CT molecular complexity index is 345. The number of aromatic nitrogens is 1. The minimum atomic E-state index is -2.94. The molecule has 66 valence electrons. The van der Waals surface area contributed by atoms with Crippen LogP contribution in [0.25, 0.3) is 0 Å². The molecule has 0 radical (unpaired) electrons. The highest BCUT2D eigenvalue weighted by Crippen LogP contribution is 2.14. The summed E-state index contributed by atoms with van der Waals surface area (Å²) in [5, 5.41) is 0. The number of aryl methyl sites for hydroxylation is 1. The van der Waals surface area contributed by atoms with Gasteiger partial charge in [-0.05, 0) is 6.92 Å². The maximum atomic E-state index is 12.7. The Hall–Kier alpha value is -1.26. The number of hydrogen-bond acceptors (Lipinski definition) is 1. The zero-order chi connectivity index (χ0) is 9.30. The van der Waals surface area contributed by atoms with Gasteiger partial charge in [-0.1, -0.05) is 0 Å². The summed E-state index contributed by atoms with van der Waals surface area (Å²) in [5.74, 6) is -1.15. The molecule has 0 saturated carbocycles. The fourth-order valence-corrected chi connectivity index (χ4v) is 0.774. The first-order valence-corrected chi connectivity index (χ1v) is 3.20. The summed E-state index contributed by atoms with van der Waals surface area (Å²) in [7, 11) is 0. The highest BCUT2D eigenvalue weighted by Gasteiger charge is 2.15. The van der Waals surface area contributed by atoms with Crippen molar-refractivity contribution in [1.82, 2.24) is 4.98 Å². The van der Waals surface area contributed by atoms with Crippen molar-refractivity contribution in [3.05, 3.63) is 33.5 Å². The van der Waals surface area contributed by atoms with E-state index < -0.39 is 23.2 Å². The summed E-state index contributed by atoms with van der Waals surface area (Å²) in [6.07, 6.45) is -2.12. The summed E-state index contributed by atoms with van der Waals surface area (Å²) in [6.45, 7) is 1.30. The van der Waals surface area contributed by atoms with Gasteiger partial charge in [-0.2, -0.15) is 0 Å². The normalized spacial score (nSPS) is 10.8. The van der Waals surface area contributed by atoms with Gasteiger partial charge in [0.2, 0.25) is 5.43 Å². The van der Waals surface area contributed by atoms with Gasteiger partial charge in [0.1, 0.15) is 0 Å². The predicted molar refractivity (Wildman–Crippen MR) is 36.7 cm³/mol. The number of aromatic amines is 1. The van der Waals surface area contributed by atoms with Gasteiger partial charge in [-0.3, -0.25) is 4.79 Å². The first kappa shape index (κ1) is 8.83. The van der Waals surface area contributed by atoms with E-state index >= 15 is 0 Å². The first-order valence-electron chi connectivity index (χ1n) is 3.20. The smallest absolute Gasteiger partial charge is 0.269 e. The molecule has 0 aliphatic carbocycles. The molecule has 1 aromatic rings. The van der Waals surface area contributed by atoms with Crippen LogP contribution >= 0.6 is 0 Å². The summed E-state index contributed by atoms with van der Waals surface area (Å²) < 4.78 is 36.6. The summed E-state index contributed by atoms with van der Waals surface area (Å²) >= 11 is 0. The second-order valence-corrected chi connectivity index (χ2v) is 2.31. The zero-order valence-corrected chi connectivity index (χ0v) is 6.20. The van der Waals surface area contributed by atoms with Crippen LogP contribution in [0.15, 0.2) is 11.0 Å². The number of hydrogen-bond donors (Lipinski definition) is 1. The summed E-state index contributed by atoms with van der Waals surface area (Å²) in [5.41, 5.74) is -2.11. The molecule has 0 fully saturated rings. The topological polar surface area (TPSA) is 32.9 Å². The molecular formula is C7H6F3NO. The van der Waals surface area contributed by atoms with Crippen LogP contribution in [-0.2, 0) is 0 Å². The van der Waals surface area contributed by atoms with Crippen molar-refractivity contribution in [3.8, 4) is 0 Å². The average molecular weight is 177 g/mol. The van der Waals surface area contributed by atoms with Crippen LogP contribution in [0.5, 0.6) is 0 Å². The fraction of sp³-hybridized carbons (Fsp3) is 0.286. The molecule has 1 rings (SSSR count). The molecule has 0 aliphatic rings. The molecule has 0 saturated heterocycles. The van der Waals surface area contributed by atoms with Crippen molar-refractivity contribution in [2.45, 2.75) is 13.3 Å². The molecule has 0 aromatic carbocycles. The van der Waals surface area contributed by atoms with Gasteiger partial charge in [0.25, 0.3) is 6.43 Å². The van der Waals surface area contributed by atoms with Gasteiger partial charge >= 0.3 is 0 Å². The van der Waals surface area contributed by atoms with Crippen LogP contribution in [-0.4, -0.2) is 4.98 Å². The highest BCUT2D eigenvalue weighted by atomic mass is 19.3. The van der Waals surface area contributed by atoms with Crippen molar-refractivity contribution in [2.24, 2.45) is 0 Å². The van der Waals surface area contributed by atoms with E-state index in [1.165, 1.54) is 6.92 Å². The minimum absolute atomic E-state index is 0.0376. The van der Waals surface area contributed by atoms with Crippen LogP contribution < -0.4 is 5.43 Å². The predicted octanol–water partition coefficient (Wildman–Crippen LogP) is 1.76. The third kappa shape index (κ3) is 1.34. The maximum Gasteiger partial charge on any atom is 0.269 e. The second-order valence-electron chi connectivity index (χ2n) is 2.31. The van der Waals surface area contributed by atoms with E-state index in [4.69, 9.17) is 0 Å². The Kier molecular flexibility index (Phi) is 2.21. The Morgan fingerprint density at radius 1 is 1.50 bits per heavy atom. The molecule has 0 unspecified atom stereocenters.